The van der Waals surface area contributed by atoms with Gasteiger partial charge in [0.25, 0.3) is 0 Å². The zero-order valence-corrected chi connectivity index (χ0v) is 11.4. The van der Waals surface area contributed by atoms with Gasteiger partial charge in [-0.3, -0.25) is 4.79 Å². The van der Waals surface area contributed by atoms with Crippen molar-refractivity contribution in [1.29, 1.82) is 0 Å². The van der Waals surface area contributed by atoms with Gasteiger partial charge in [-0.25, -0.2) is 4.79 Å². The smallest absolute Gasteiger partial charge is 0.325 e. The molecule has 5 heteroatoms. The lowest BCUT2D eigenvalue weighted by atomic mass is 9.78. The zero-order valence-electron chi connectivity index (χ0n) is 11.4. The number of nitrogens with one attached hydrogen (secondary N) is 2. The molecule has 0 bridgehead atoms. The summed E-state index contributed by atoms with van der Waals surface area (Å²) in [5, 5.41) is 14.1. The molecule has 18 heavy (non-hydrogen) atoms. The maximum atomic E-state index is 11.7. The third kappa shape index (κ3) is 4.20. The van der Waals surface area contributed by atoms with Gasteiger partial charge in [-0.15, -0.1) is 0 Å². The van der Waals surface area contributed by atoms with Crippen LogP contribution in [0.25, 0.3) is 0 Å². The van der Waals surface area contributed by atoms with Crippen molar-refractivity contribution in [2.24, 2.45) is 11.8 Å². The van der Waals surface area contributed by atoms with E-state index in [1.807, 2.05) is 0 Å². The number of carboxylic acids is 1. The SMILES string of the molecule is CC(NC(=O)NC1CCCCC1C(C)C)C(=O)O. The van der Waals surface area contributed by atoms with Gasteiger partial charge in [0, 0.05) is 6.04 Å². The Labute approximate surface area is 108 Å². The van der Waals surface area contributed by atoms with Gasteiger partial charge in [-0.05, 0) is 31.6 Å². The van der Waals surface area contributed by atoms with Gasteiger partial charge >= 0.3 is 12.0 Å². The summed E-state index contributed by atoms with van der Waals surface area (Å²) < 4.78 is 0. The number of carbonyl (C=O) groups is 2. The lowest BCUT2D eigenvalue weighted by molar-refractivity contribution is -0.138. The van der Waals surface area contributed by atoms with Crippen molar-refractivity contribution >= 4 is 12.0 Å². The molecule has 1 fully saturated rings. The minimum Gasteiger partial charge on any atom is -0.480 e. The van der Waals surface area contributed by atoms with Crippen LogP contribution in [0.3, 0.4) is 0 Å². The fourth-order valence-electron chi connectivity index (χ4n) is 2.61. The summed E-state index contributed by atoms with van der Waals surface area (Å²) in [5.41, 5.74) is 0. The van der Waals surface area contributed by atoms with Crippen LogP contribution in [0.2, 0.25) is 0 Å². The molecule has 1 aliphatic carbocycles. The summed E-state index contributed by atoms with van der Waals surface area (Å²) in [6.45, 7) is 5.80. The lowest BCUT2D eigenvalue weighted by Crippen LogP contribution is -2.51. The Morgan fingerprint density at radius 1 is 1.17 bits per heavy atom. The van der Waals surface area contributed by atoms with Crippen LogP contribution >= 0.6 is 0 Å². The zero-order chi connectivity index (χ0) is 13.7. The molecule has 5 nitrogen and oxygen atoms in total. The van der Waals surface area contributed by atoms with Gasteiger partial charge in [-0.1, -0.05) is 26.7 Å². The Bertz CT molecular complexity index is 305. The van der Waals surface area contributed by atoms with E-state index in [1.54, 1.807) is 0 Å². The number of carboxylic acid groups (broad SMARTS) is 1. The number of amides is 2. The van der Waals surface area contributed by atoms with Gasteiger partial charge in [-0.2, -0.15) is 0 Å². The van der Waals surface area contributed by atoms with E-state index < -0.39 is 12.0 Å². The number of urea groups is 1. The molecule has 0 saturated heterocycles. The molecule has 0 radical (unpaired) electrons. The van der Waals surface area contributed by atoms with Crippen LogP contribution in [0, 0.1) is 11.8 Å². The number of rotatable bonds is 4. The van der Waals surface area contributed by atoms with Crippen LogP contribution < -0.4 is 10.6 Å². The van der Waals surface area contributed by atoms with Gasteiger partial charge in [0.2, 0.25) is 0 Å². The first-order valence-corrected chi connectivity index (χ1v) is 6.71. The Morgan fingerprint density at radius 2 is 1.78 bits per heavy atom. The van der Waals surface area contributed by atoms with E-state index in [1.165, 1.54) is 13.3 Å². The third-order valence-electron chi connectivity index (χ3n) is 3.71. The minimum absolute atomic E-state index is 0.166. The lowest BCUT2D eigenvalue weighted by Gasteiger charge is -2.35. The van der Waals surface area contributed by atoms with Crippen LogP contribution in [0.4, 0.5) is 4.79 Å². The Balaban J connectivity index is 2.48. The molecule has 0 aromatic carbocycles. The van der Waals surface area contributed by atoms with Gasteiger partial charge in [0.15, 0.2) is 0 Å². The first kappa shape index (κ1) is 14.8. The highest BCUT2D eigenvalue weighted by Crippen LogP contribution is 2.30. The van der Waals surface area contributed by atoms with Crippen molar-refractivity contribution < 1.29 is 14.7 Å². The summed E-state index contributed by atoms with van der Waals surface area (Å²) in [6, 6.07) is -1.06. The van der Waals surface area contributed by atoms with Crippen LogP contribution in [0.15, 0.2) is 0 Å². The Kier molecular flexibility index (Phi) is 5.44. The van der Waals surface area contributed by atoms with Crippen LogP contribution in [-0.2, 0) is 4.79 Å². The van der Waals surface area contributed by atoms with Crippen LogP contribution in [-0.4, -0.2) is 29.2 Å². The number of carbonyl (C=O) groups excluding carboxylic acids is 1. The van der Waals surface area contributed by atoms with Crippen molar-refractivity contribution in [3.05, 3.63) is 0 Å². The Morgan fingerprint density at radius 3 is 2.33 bits per heavy atom. The average Bonchev–Trinajstić information content (AvgIpc) is 2.28. The molecule has 1 aliphatic rings. The van der Waals surface area contributed by atoms with Crippen molar-refractivity contribution in [3.63, 3.8) is 0 Å². The number of aliphatic carboxylic acids is 1. The monoisotopic (exact) mass is 256 g/mol. The summed E-state index contributed by atoms with van der Waals surface area (Å²) in [4.78, 5) is 22.4. The van der Waals surface area contributed by atoms with E-state index in [2.05, 4.69) is 24.5 Å². The maximum absolute atomic E-state index is 11.7. The van der Waals surface area contributed by atoms with Crippen LogP contribution in [0.5, 0.6) is 0 Å². The molecule has 104 valence electrons. The maximum Gasteiger partial charge on any atom is 0.325 e. The largest absolute Gasteiger partial charge is 0.480 e. The molecule has 1 rings (SSSR count). The van der Waals surface area contributed by atoms with Gasteiger partial charge in [0.1, 0.15) is 6.04 Å². The molecule has 0 aromatic rings. The van der Waals surface area contributed by atoms with E-state index in [-0.39, 0.29) is 12.1 Å². The molecular formula is C13H24N2O3. The normalized spacial score (nSPS) is 25.6. The quantitative estimate of drug-likeness (QED) is 0.719. The highest BCUT2D eigenvalue weighted by Gasteiger charge is 2.29. The summed E-state index contributed by atoms with van der Waals surface area (Å²) in [6.07, 6.45) is 4.46. The van der Waals surface area contributed by atoms with Crippen molar-refractivity contribution in [2.75, 3.05) is 0 Å². The standard InChI is InChI=1S/C13H24N2O3/c1-8(2)10-6-4-5-7-11(10)15-13(18)14-9(3)12(16)17/h8-11H,4-7H2,1-3H3,(H,16,17)(H2,14,15,18). The van der Waals surface area contributed by atoms with Gasteiger partial charge in [0.05, 0.1) is 0 Å². The minimum atomic E-state index is -1.02. The molecule has 0 spiro atoms. The molecule has 0 aromatic heterocycles. The van der Waals surface area contributed by atoms with E-state index in [0.29, 0.717) is 11.8 Å². The second kappa shape index (κ2) is 6.61. The molecular weight excluding hydrogens is 232 g/mol. The van der Waals surface area contributed by atoms with Crippen molar-refractivity contribution in [3.8, 4) is 0 Å². The second-order valence-corrected chi connectivity index (χ2v) is 5.48. The second-order valence-electron chi connectivity index (χ2n) is 5.48. The molecule has 3 unspecified atom stereocenters. The van der Waals surface area contributed by atoms with E-state index >= 15 is 0 Å². The highest BCUT2D eigenvalue weighted by atomic mass is 16.4. The van der Waals surface area contributed by atoms with E-state index in [0.717, 1.165) is 19.3 Å². The molecule has 0 heterocycles. The molecule has 3 atom stereocenters. The third-order valence-corrected chi connectivity index (χ3v) is 3.71. The van der Waals surface area contributed by atoms with Gasteiger partial charge < -0.3 is 15.7 Å². The molecule has 0 aliphatic heterocycles. The van der Waals surface area contributed by atoms with Crippen molar-refractivity contribution in [1.82, 2.24) is 10.6 Å². The number of hydrogen-bond acceptors (Lipinski definition) is 2. The number of hydrogen-bond donors (Lipinski definition) is 3. The fraction of sp³-hybridized carbons (Fsp3) is 0.846. The topological polar surface area (TPSA) is 78.4 Å². The molecule has 2 amide bonds. The first-order chi connectivity index (χ1) is 8.41. The van der Waals surface area contributed by atoms with Crippen LogP contribution in [0.1, 0.15) is 46.5 Å². The summed E-state index contributed by atoms with van der Waals surface area (Å²) >= 11 is 0. The predicted octanol–water partition coefficient (Wildman–Crippen LogP) is 1.97. The Hall–Kier alpha value is -1.26. The molecule has 1 saturated carbocycles. The molecule has 3 N–H and O–H groups in total. The summed E-state index contributed by atoms with van der Waals surface area (Å²) in [5.74, 6) is 0.00587. The first-order valence-electron chi connectivity index (χ1n) is 6.71. The fourth-order valence-corrected chi connectivity index (χ4v) is 2.61. The highest BCUT2D eigenvalue weighted by molar-refractivity contribution is 5.82. The predicted molar refractivity (Wildman–Crippen MR) is 69.3 cm³/mol. The summed E-state index contributed by atoms with van der Waals surface area (Å²) in [7, 11) is 0. The van der Waals surface area contributed by atoms with Crippen molar-refractivity contribution in [2.45, 2.75) is 58.5 Å². The average molecular weight is 256 g/mol. The van der Waals surface area contributed by atoms with E-state index in [4.69, 9.17) is 5.11 Å². The van der Waals surface area contributed by atoms with E-state index in [9.17, 15) is 9.59 Å².